The van der Waals surface area contributed by atoms with Gasteiger partial charge in [-0.15, -0.1) is 11.6 Å². The van der Waals surface area contributed by atoms with Gasteiger partial charge in [0.15, 0.2) is 5.76 Å². The van der Waals surface area contributed by atoms with E-state index in [1.54, 1.807) is 24.4 Å². The van der Waals surface area contributed by atoms with E-state index < -0.39 is 0 Å². The van der Waals surface area contributed by atoms with Crippen molar-refractivity contribution in [2.75, 3.05) is 0 Å². The zero-order chi connectivity index (χ0) is 10.8. The van der Waals surface area contributed by atoms with Crippen molar-refractivity contribution in [3.63, 3.8) is 0 Å². The van der Waals surface area contributed by atoms with E-state index in [-0.39, 0.29) is 0 Å². The number of hydrogen-bond acceptors (Lipinski definition) is 2. The Balaban J connectivity index is 2.63. The van der Waals surface area contributed by atoms with Crippen molar-refractivity contribution < 1.29 is 4.52 Å². The maximum Gasteiger partial charge on any atom is 0.174 e. The van der Waals surface area contributed by atoms with Crippen molar-refractivity contribution in [3.05, 3.63) is 40.0 Å². The minimum atomic E-state index is 0.306. The average Bonchev–Trinajstić information content (AvgIpc) is 2.65. The first kappa shape index (κ1) is 10.8. The summed E-state index contributed by atoms with van der Waals surface area (Å²) in [5.41, 5.74) is 1.40. The van der Waals surface area contributed by atoms with E-state index in [1.165, 1.54) is 0 Å². The molecule has 0 saturated carbocycles. The van der Waals surface area contributed by atoms with E-state index in [0.29, 0.717) is 27.2 Å². The predicted molar refractivity (Wildman–Crippen MR) is 61.5 cm³/mol. The molecule has 0 atom stereocenters. The summed E-state index contributed by atoms with van der Waals surface area (Å²) in [5, 5.41) is 4.71. The zero-order valence-electron chi connectivity index (χ0n) is 7.51. The summed E-state index contributed by atoms with van der Waals surface area (Å²) in [4.78, 5) is 0. The van der Waals surface area contributed by atoms with E-state index in [4.69, 9.17) is 39.3 Å². The second-order valence-corrected chi connectivity index (χ2v) is 3.99. The van der Waals surface area contributed by atoms with Gasteiger partial charge in [-0.2, -0.15) is 0 Å². The summed E-state index contributed by atoms with van der Waals surface area (Å²) in [5.74, 6) is 0.834. The standard InChI is InChI=1S/C10H6Cl3NO/c11-4-6-5-14-15-10(6)9-7(12)2-1-3-8(9)13/h1-3,5H,4H2. The topological polar surface area (TPSA) is 26.0 Å². The molecule has 0 radical (unpaired) electrons. The highest BCUT2D eigenvalue weighted by molar-refractivity contribution is 6.39. The lowest BCUT2D eigenvalue weighted by Gasteiger charge is -2.03. The molecule has 0 aliphatic carbocycles. The van der Waals surface area contributed by atoms with E-state index >= 15 is 0 Å². The normalized spacial score (nSPS) is 10.6. The number of benzene rings is 1. The molecule has 0 bridgehead atoms. The molecule has 0 spiro atoms. The molecule has 0 N–H and O–H groups in total. The lowest BCUT2D eigenvalue weighted by Crippen LogP contribution is -1.83. The van der Waals surface area contributed by atoms with Gasteiger partial charge in [0, 0.05) is 5.56 Å². The molecular weight excluding hydrogens is 256 g/mol. The fourth-order valence-corrected chi connectivity index (χ4v) is 2.04. The van der Waals surface area contributed by atoms with Crippen LogP contribution in [0.3, 0.4) is 0 Å². The predicted octanol–water partition coefficient (Wildman–Crippen LogP) is 4.39. The zero-order valence-corrected chi connectivity index (χ0v) is 9.77. The second kappa shape index (κ2) is 4.44. The lowest BCUT2D eigenvalue weighted by molar-refractivity contribution is 0.432. The molecule has 0 aliphatic heterocycles. The van der Waals surface area contributed by atoms with Gasteiger partial charge < -0.3 is 4.52 Å². The molecule has 2 rings (SSSR count). The smallest absolute Gasteiger partial charge is 0.174 e. The van der Waals surface area contributed by atoms with Crippen LogP contribution in [-0.2, 0) is 5.88 Å². The molecule has 0 amide bonds. The highest BCUT2D eigenvalue weighted by atomic mass is 35.5. The molecule has 0 saturated heterocycles. The second-order valence-electron chi connectivity index (χ2n) is 2.91. The Hall–Kier alpha value is -0.700. The van der Waals surface area contributed by atoms with Crippen LogP contribution >= 0.6 is 34.8 Å². The number of halogens is 3. The minimum Gasteiger partial charge on any atom is -0.356 e. The van der Waals surface area contributed by atoms with E-state index in [2.05, 4.69) is 5.16 Å². The first-order valence-corrected chi connectivity index (χ1v) is 5.47. The third-order valence-corrected chi connectivity index (χ3v) is 2.90. The van der Waals surface area contributed by atoms with Crippen LogP contribution < -0.4 is 0 Å². The van der Waals surface area contributed by atoms with E-state index in [9.17, 15) is 0 Å². The van der Waals surface area contributed by atoms with Gasteiger partial charge >= 0.3 is 0 Å². The maximum absolute atomic E-state index is 6.03. The first-order valence-electron chi connectivity index (χ1n) is 4.18. The van der Waals surface area contributed by atoms with Gasteiger partial charge in [-0.25, -0.2) is 0 Å². The van der Waals surface area contributed by atoms with Gasteiger partial charge in [0.05, 0.1) is 27.7 Å². The first-order chi connectivity index (χ1) is 7.24. The van der Waals surface area contributed by atoms with Gasteiger partial charge in [-0.1, -0.05) is 34.4 Å². The van der Waals surface area contributed by atoms with Crippen LogP contribution in [0.2, 0.25) is 10.0 Å². The number of aromatic nitrogens is 1. The Kier molecular flexibility index (Phi) is 3.19. The van der Waals surface area contributed by atoms with Gasteiger partial charge in [-0.3, -0.25) is 0 Å². The highest BCUT2D eigenvalue weighted by Gasteiger charge is 2.16. The summed E-state index contributed by atoms with van der Waals surface area (Å²) in [7, 11) is 0. The lowest BCUT2D eigenvalue weighted by atomic mass is 10.1. The van der Waals surface area contributed by atoms with Gasteiger partial charge in [0.1, 0.15) is 0 Å². The average molecular weight is 263 g/mol. The van der Waals surface area contributed by atoms with Crippen molar-refractivity contribution in [2.24, 2.45) is 0 Å². The fourth-order valence-electron chi connectivity index (χ4n) is 1.28. The van der Waals surface area contributed by atoms with Crippen LogP contribution in [0.15, 0.2) is 28.9 Å². The third kappa shape index (κ3) is 1.98. The van der Waals surface area contributed by atoms with Crippen molar-refractivity contribution >= 4 is 34.8 Å². The van der Waals surface area contributed by atoms with E-state index in [0.717, 1.165) is 5.56 Å². The van der Waals surface area contributed by atoms with E-state index in [1.807, 2.05) is 0 Å². The molecule has 1 heterocycles. The molecule has 0 fully saturated rings. The molecule has 0 unspecified atom stereocenters. The SMILES string of the molecule is ClCc1cnoc1-c1c(Cl)cccc1Cl. The van der Waals surface area contributed by atoms with Crippen molar-refractivity contribution in [3.8, 4) is 11.3 Å². The maximum atomic E-state index is 6.03. The van der Waals surface area contributed by atoms with Crippen LogP contribution in [0.5, 0.6) is 0 Å². The molecule has 15 heavy (non-hydrogen) atoms. The van der Waals surface area contributed by atoms with Crippen molar-refractivity contribution in [1.82, 2.24) is 5.16 Å². The van der Waals surface area contributed by atoms with Crippen LogP contribution in [0.1, 0.15) is 5.56 Å². The summed E-state index contributed by atoms with van der Waals surface area (Å²) in [6.45, 7) is 0. The summed E-state index contributed by atoms with van der Waals surface area (Å²) < 4.78 is 5.10. The Morgan fingerprint density at radius 3 is 2.47 bits per heavy atom. The molecule has 2 nitrogen and oxygen atoms in total. The summed E-state index contributed by atoms with van der Waals surface area (Å²) in [6, 6.07) is 5.25. The van der Waals surface area contributed by atoms with Crippen molar-refractivity contribution in [1.29, 1.82) is 0 Å². The Morgan fingerprint density at radius 2 is 1.87 bits per heavy atom. The summed E-state index contributed by atoms with van der Waals surface area (Å²) >= 11 is 17.8. The Morgan fingerprint density at radius 1 is 1.20 bits per heavy atom. The van der Waals surface area contributed by atoms with Gasteiger partial charge in [-0.05, 0) is 12.1 Å². The largest absolute Gasteiger partial charge is 0.356 e. The quantitative estimate of drug-likeness (QED) is 0.750. The number of alkyl halides is 1. The molecular formula is C10H6Cl3NO. The number of rotatable bonds is 2. The van der Waals surface area contributed by atoms with Gasteiger partial charge in [0.2, 0.25) is 0 Å². The number of hydrogen-bond donors (Lipinski definition) is 0. The van der Waals surface area contributed by atoms with Gasteiger partial charge in [0.25, 0.3) is 0 Å². The van der Waals surface area contributed by atoms with Crippen LogP contribution in [0, 0.1) is 0 Å². The molecule has 0 aliphatic rings. The summed E-state index contributed by atoms with van der Waals surface area (Å²) in [6.07, 6.45) is 1.56. The molecule has 78 valence electrons. The minimum absolute atomic E-state index is 0.306. The van der Waals surface area contributed by atoms with Crippen LogP contribution in [0.25, 0.3) is 11.3 Å². The molecule has 5 heteroatoms. The molecule has 2 aromatic rings. The third-order valence-electron chi connectivity index (χ3n) is 1.98. The Bertz CT molecular complexity index is 461. The highest BCUT2D eigenvalue weighted by Crippen LogP contribution is 2.36. The fraction of sp³-hybridized carbons (Fsp3) is 0.100. The van der Waals surface area contributed by atoms with Crippen LogP contribution in [0.4, 0.5) is 0 Å². The monoisotopic (exact) mass is 261 g/mol. The number of nitrogens with zero attached hydrogens (tertiary/aromatic N) is 1. The van der Waals surface area contributed by atoms with Crippen molar-refractivity contribution in [2.45, 2.75) is 5.88 Å². The van der Waals surface area contributed by atoms with Crippen LogP contribution in [-0.4, -0.2) is 5.16 Å². The molecule has 1 aromatic heterocycles. The Labute approximate surface area is 102 Å². The molecule has 1 aromatic carbocycles.